The Hall–Kier alpha value is -2.09. The van der Waals surface area contributed by atoms with Crippen LogP contribution in [0.25, 0.3) is 0 Å². The molecule has 0 unspecified atom stereocenters. The molecule has 25 heavy (non-hydrogen) atoms. The lowest BCUT2D eigenvalue weighted by atomic mass is 10.0. The van der Waals surface area contributed by atoms with Gasteiger partial charge in [-0.15, -0.1) is 11.3 Å². The van der Waals surface area contributed by atoms with Gasteiger partial charge in [0.2, 0.25) is 6.79 Å². The molecule has 6 nitrogen and oxygen atoms in total. The molecule has 0 spiro atoms. The number of fused-ring (bicyclic) bond motifs is 1. The van der Waals surface area contributed by atoms with E-state index in [0.29, 0.717) is 6.54 Å². The Morgan fingerprint density at radius 3 is 2.84 bits per heavy atom. The van der Waals surface area contributed by atoms with Gasteiger partial charge < -0.3 is 24.4 Å². The number of benzene rings is 1. The SMILES string of the molecule is O=C(NC[C@H](c1ccc2c(c1)OCO2)[NH+]1CCOCC1)c1cccs1. The highest BCUT2D eigenvalue weighted by atomic mass is 32.1. The third-order valence-electron chi connectivity index (χ3n) is 4.64. The third kappa shape index (κ3) is 3.63. The molecule has 2 aliphatic heterocycles. The number of amides is 1. The lowest BCUT2D eigenvalue weighted by Gasteiger charge is -2.32. The number of hydrogen-bond donors (Lipinski definition) is 2. The molecule has 1 atom stereocenters. The van der Waals surface area contributed by atoms with E-state index in [9.17, 15) is 4.79 Å². The quantitative estimate of drug-likeness (QED) is 0.829. The van der Waals surface area contributed by atoms with Gasteiger partial charge in [-0.25, -0.2) is 0 Å². The third-order valence-corrected chi connectivity index (χ3v) is 5.51. The van der Waals surface area contributed by atoms with Gasteiger partial charge in [-0.1, -0.05) is 6.07 Å². The van der Waals surface area contributed by atoms with E-state index < -0.39 is 0 Å². The Labute approximate surface area is 150 Å². The molecule has 2 aromatic rings. The van der Waals surface area contributed by atoms with Crippen LogP contribution in [0, 0.1) is 0 Å². The zero-order valence-electron chi connectivity index (χ0n) is 13.8. The molecule has 7 heteroatoms. The largest absolute Gasteiger partial charge is 0.454 e. The van der Waals surface area contributed by atoms with Crippen LogP contribution in [0.2, 0.25) is 0 Å². The van der Waals surface area contributed by atoms with Gasteiger partial charge in [0.25, 0.3) is 5.91 Å². The summed E-state index contributed by atoms with van der Waals surface area (Å²) in [5, 5.41) is 5.00. The molecule has 1 aromatic heterocycles. The fourth-order valence-electron chi connectivity index (χ4n) is 3.30. The first kappa shape index (κ1) is 16.4. The highest BCUT2D eigenvalue weighted by molar-refractivity contribution is 7.12. The second-order valence-corrected chi connectivity index (χ2v) is 7.07. The van der Waals surface area contributed by atoms with Gasteiger partial charge in [0.05, 0.1) is 24.6 Å². The van der Waals surface area contributed by atoms with Crippen molar-refractivity contribution in [1.29, 1.82) is 0 Å². The van der Waals surface area contributed by atoms with Gasteiger partial charge in [-0.05, 0) is 29.6 Å². The van der Waals surface area contributed by atoms with Crippen LogP contribution in [0.1, 0.15) is 21.3 Å². The Morgan fingerprint density at radius 1 is 1.20 bits per heavy atom. The average Bonchev–Trinajstić information content (AvgIpc) is 3.34. The van der Waals surface area contributed by atoms with E-state index >= 15 is 0 Å². The molecule has 0 bridgehead atoms. The van der Waals surface area contributed by atoms with Crippen LogP contribution in [-0.2, 0) is 4.74 Å². The van der Waals surface area contributed by atoms with Crippen LogP contribution < -0.4 is 19.7 Å². The second kappa shape index (κ2) is 7.43. The number of rotatable bonds is 5. The molecular formula is C18H21N2O4S+. The van der Waals surface area contributed by atoms with Crippen LogP contribution in [-0.4, -0.2) is 45.5 Å². The molecule has 4 rings (SSSR count). The molecule has 132 valence electrons. The van der Waals surface area contributed by atoms with E-state index in [2.05, 4.69) is 11.4 Å². The van der Waals surface area contributed by atoms with Crippen LogP contribution in [0.15, 0.2) is 35.7 Å². The fraction of sp³-hybridized carbons (Fsp3) is 0.389. The number of morpholine rings is 1. The van der Waals surface area contributed by atoms with Crippen LogP contribution in [0.5, 0.6) is 11.5 Å². The number of ether oxygens (including phenoxy) is 3. The van der Waals surface area contributed by atoms with Crippen LogP contribution in [0.3, 0.4) is 0 Å². The van der Waals surface area contributed by atoms with E-state index in [1.807, 2.05) is 29.6 Å². The first-order chi connectivity index (χ1) is 12.3. The number of hydrogen-bond acceptors (Lipinski definition) is 5. The highest BCUT2D eigenvalue weighted by Gasteiger charge is 2.28. The Bertz CT molecular complexity index is 729. The van der Waals surface area contributed by atoms with E-state index in [-0.39, 0.29) is 18.7 Å². The summed E-state index contributed by atoms with van der Waals surface area (Å²) < 4.78 is 16.4. The Balaban J connectivity index is 1.52. The lowest BCUT2D eigenvalue weighted by molar-refractivity contribution is -0.937. The predicted octanol–water partition coefficient (Wildman–Crippen LogP) is 0.863. The number of quaternary nitrogens is 1. The topological polar surface area (TPSA) is 61.2 Å². The molecule has 0 saturated carbocycles. The Morgan fingerprint density at radius 2 is 2.04 bits per heavy atom. The summed E-state index contributed by atoms with van der Waals surface area (Å²) in [6.07, 6.45) is 0. The predicted molar refractivity (Wildman–Crippen MR) is 93.5 cm³/mol. The Kier molecular flexibility index (Phi) is 4.87. The summed E-state index contributed by atoms with van der Waals surface area (Å²) in [6, 6.07) is 9.94. The minimum atomic E-state index is -0.0200. The fourth-order valence-corrected chi connectivity index (χ4v) is 3.94. The van der Waals surface area contributed by atoms with Gasteiger partial charge in [-0.3, -0.25) is 4.79 Å². The highest BCUT2D eigenvalue weighted by Crippen LogP contribution is 2.33. The van der Waals surface area contributed by atoms with Crippen molar-refractivity contribution in [1.82, 2.24) is 5.32 Å². The van der Waals surface area contributed by atoms with E-state index in [0.717, 1.165) is 48.2 Å². The standard InChI is InChI=1S/C18H20N2O4S/c21-18(17-2-1-9-25-17)19-11-14(20-5-7-22-8-6-20)13-3-4-15-16(10-13)24-12-23-15/h1-4,9-10,14H,5-8,11-12H2,(H,19,21)/p+1/t14-/m1/s1. The average molecular weight is 361 g/mol. The summed E-state index contributed by atoms with van der Waals surface area (Å²) in [6.45, 7) is 4.18. The molecule has 1 aromatic carbocycles. The van der Waals surface area contributed by atoms with Crippen LogP contribution >= 0.6 is 11.3 Å². The first-order valence-electron chi connectivity index (χ1n) is 8.45. The molecule has 0 aliphatic carbocycles. The zero-order valence-corrected chi connectivity index (χ0v) is 14.6. The van der Waals surface area contributed by atoms with Gasteiger partial charge in [0.15, 0.2) is 11.5 Å². The summed E-state index contributed by atoms with van der Waals surface area (Å²) in [5.41, 5.74) is 1.15. The van der Waals surface area contributed by atoms with Crippen molar-refractivity contribution in [3.05, 3.63) is 46.2 Å². The molecule has 1 saturated heterocycles. The normalized spacial score (nSPS) is 18.1. The van der Waals surface area contributed by atoms with Gasteiger partial charge in [0.1, 0.15) is 19.1 Å². The first-order valence-corrected chi connectivity index (χ1v) is 9.33. The van der Waals surface area contributed by atoms with Crippen molar-refractivity contribution >= 4 is 17.2 Å². The molecule has 2 N–H and O–H groups in total. The van der Waals surface area contributed by atoms with E-state index in [1.54, 1.807) is 0 Å². The number of thiophene rings is 1. The zero-order chi connectivity index (χ0) is 17.1. The minimum Gasteiger partial charge on any atom is -0.454 e. The van der Waals surface area contributed by atoms with Crippen molar-refractivity contribution in [2.24, 2.45) is 0 Å². The summed E-state index contributed by atoms with van der Waals surface area (Å²) in [7, 11) is 0. The van der Waals surface area contributed by atoms with Crippen molar-refractivity contribution in [3.63, 3.8) is 0 Å². The second-order valence-electron chi connectivity index (χ2n) is 6.12. The van der Waals surface area contributed by atoms with E-state index in [4.69, 9.17) is 14.2 Å². The number of carbonyl (C=O) groups is 1. The summed E-state index contributed by atoms with van der Waals surface area (Å²) >= 11 is 1.46. The molecule has 1 amide bonds. The van der Waals surface area contributed by atoms with Crippen molar-refractivity contribution in [2.45, 2.75) is 6.04 Å². The van der Waals surface area contributed by atoms with E-state index in [1.165, 1.54) is 16.2 Å². The van der Waals surface area contributed by atoms with Crippen molar-refractivity contribution < 1.29 is 23.9 Å². The maximum Gasteiger partial charge on any atom is 0.261 e. The summed E-state index contributed by atoms with van der Waals surface area (Å²) in [4.78, 5) is 14.5. The van der Waals surface area contributed by atoms with Crippen molar-refractivity contribution in [2.75, 3.05) is 39.6 Å². The van der Waals surface area contributed by atoms with Gasteiger partial charge >= 0.3 is 0 Å². The molecule has 1 fully saturated rings. The van der Waals surface area contributed by atoms with Gasteiger partial charge in [-0.2, -0.15) is 0 Å². The maximum absolute atomic E-state index is 12.3. The summed E-state index contributed by atoms with van der Waals surface area (Å²) in [5.74, 6) is 1.54. The molecule has 2 aliphatic rings. The maximum atomic E-state index is 12.3. The molecular weight excluding hydrogens is 340 g/mol. The monoisotopic (exact) mass is 361 g/mol. The van der Waals surface area contributed by atoms with Crippen molar-refractivity contribution in [3.8, 4) is 11.5 Å². The minimum absolute atomic E-state index is 0.0200. The van der Waals surface area contributed by atoms with Crippen LogP contribution in [0.4, 0.5) is 0 Å². The smallest absolute Gasteiger partial charge is 0.261 e. The molecule has 0 radical (unpaired) electrons. The van der Waals surface area contributed by atoms with Gasteiger partial charge in [0, 0.05) is 5.56 Å². The lowest BCUT2D eigenvalue weighted by Crippen LogP contribution is -3.15. The molecule has 3 heterocycles. The number of nitrogens with one attached hydrogen (secondary N) is 2. The number of carbonyl (C=O) groups excluding carboxylic acids is 1.